The molecule has 1 rings (SSSR count). The first-order valence-corrected chi connectivity index (χ1v) is 5.96. The molecule has 3 nitrogen and oxygen atoms in total. The minimum atomic E-state index is -0.506. The van der Waals surface area contributed by atoms with Gasteiger partial charge in [0.1, 0.15) is 0 Å². The Morgan fingerprint density at radius 2 is 2.17 bits per heavy atom. The van der Waals surface area contributed by atoms with E-state index in [2.05, 4.69) is 0 Å². The van der Waals surface area contributed by atoms with Crippen molar-refractivity contribution in [1.29, 1.82) is 0 Å². The minimum Gasteiger partial charge on any atom is -0.489 e. The third kappa shape index (κ3) is 4.61. The van der Waals surface area contributed by atoms with Crippen LogP contribution < -0.4 is 10.5 Å². The van der Waals surface area contributed by atoms with Crippen LogP contribution in [0.3, 0.4) is 0 Å². The molecule has 104 valence electrons. The maximum Gasteiger partial charge on any atom is 0.173 e. The van der Waals surface area contributed by atoms with Crippen LogP contribution in [-0.4, -0.2) is 18.3 Å². The molecule has 1 atom stereocenters. The Bertz CT molecular complexity index is 354. The third-order valence-corrected chi connectivity index (χ3v) is 2.69. The van der Waals surface area contributed by atoms with Crippen LogP contribution in [0.25, 0.3) is 0 Å². The van der Waals surface area contributed by atoms with Gasteiger partial charge in [0.25, 0.3) is 0 Å². The lowest BCUT2D eigenvalue weighted by atomic mass is 10.0. The van der Waals surface area contributed by atoms with Gasteiger partial charge in [0.05, 0.1) is 11.6 Å². The number of halogens is 3. The number of hydrogen-bond acceptors (Lipinski definition) is 3. The molecule has 6 heteroatoms. The molecule has 0 aliphatic heterocycles. The van der Waals surface area contributed by atoms with Crippen molar-refractivity contribution in [2.75, 3.05) is 13.2 Å². The summed E-state index contributed by atoms with van der Waals surface area (Å²) in [7, 11) is 0. The van der Waals surface area contributed by atoms with E-state index in [0.717, 1.165) is 0 Å². The summed E-state index contributed by atoms with van der Waals surface area (Å²) in [6.07, 6.45) is 1.16. The van der Waals surface area contributed by atoms with Gasteiger partial charge in [-0.05, 0) is 37.5 Å². The van der Waals surface area contributed by atoms with Crippen molar-refractivity contribution >= 4 is 24.0 Å². The molecular weight excluding hydrogens is 280 g/mol. The summed E-state index contributed by atoms with van der Waals surface area (Å²) in [6, 6.07) is 2.61. The fourth-order valence-corrected chi connectivity index (χ4v) is 1.82. The van der Waals surface area contributed by atoms with Crippen molar-refractivity contribution in [2.45, 2.75) is 25.8 Å². The summed E-state index contributed by atoms with van der Waals surface area (Å²) >= 11 is 5.92. The van der Waals surface area contributed by atoms with Crippen molar-refractivity contribution < 1.29 is 14.2 Å². The number of aliphatic hydroxyl groups is 1. The molecule has 0 radical (unpaired) electrons. The Hall–Kier alpha value is -0.550. The molecule has 0 bridgehead atoms. The molecule has 0 saturated heterocycles. The van der Waals surface area contributed by atoms with Gasteiger partial charge in [-0.25, -0.2) is 4.39 Å². The van der Waals surface area contributed by atoms with Gasteiger partial charge in [-0.1, -0.05) is 11.6 Å². The molecular formula is C12H18Cl2FNO2. The summed E-state index contributed by atoms with van der Waals surface area (Å²) in [5.74, 6) is -0.443. The molecule has 1 aromatic carbocycles. The average Bonchev–Trinajstić information content (AvgIpc) is 2.30. The van der Waals surface area contributed by atoms with E-state index in [9.17, 15) is 4.39 Å². The largest absolute Gasteiger partial charge is 0.489 e. The van der Waals surface area contributed by atoms with Crippen LogP contribution in [0.2, 0.25) is 5.02 Å². The van der Waals surface area contributed by atoms with E-state index >= 15 is 0 Å². The highest BCUT2D eigenvalue weighted by atomic mass is 35.5. The van der Waals surface area contributed by atoms with E-state index in [0.29, 0.717) is 25.0 Å². The molecule has 0 heterocycles. The molecule has 0 unspecified atom stereocenters. The van der Waals surface area contributed by atoms with Crippen molar-refractivity contribution in [2.24, 2.45) is 5.73 Å². The fourth-order valence-electron chi connectivity index (χ4n) is 1.55. The zero-order valence-electron chi connectivity index (χ0n) is 10.2. The molecule has 1 aromatic rings. The summed E-state index contributed by atoms with van der Waals surface area (Å²) in [6.45, 7) is 2.18. The second kappa shape index (κ2) is 8.53. The van der Waals surface area contributed by atoms with Crippen molar-refractivity contribution in [3.05, 3.63) is 28.5 Å². The molecule has 3 N–H and O–H groups in total. The summed E-state index contributed by atoms with van der Waals surface area (Å²) in [5, 5.41) is 8.93. The standard InChI is InChI=1S/C12H17ClFNO2.ClH/c1-2-17-12-9(13)6-8(7-10(12)14)11(15)4-3-5-16;/h6-7,11,16H,2-5,15H2,1H3;1H/t11-;/m1./s1. The zero-order valence-corrected chi connectivity index (χ0v) is 11.7. The molecule has 0 aliphatic rings. The quantitative estimate of drug-likeness (QED) is 0.848. The van der Waals surface area contributed by atoms with Crippen molar-refractivity contribution in [3.63, 3.8) is 0 Å². The highest BCUT2D eigenvalue weighted by molar-refractivity contribution is 6.32. The number of ether oxygens (including phenoxy) is 1. The Labute approximate surface area is 117 Å². The highest BCUT2D eigenvalue weighted by Gasteiger charge is 2.14. The fraction of sp³-hybridized carbons (Fsp3) is 0.500. The summed E-state index contributed by atoms with van der Waals surface area (Å²) in [4.78, 5) is 0. The Kier molecular flexibility index (Phi) is 8.27. The Morgan fingerprint density at radius 1 is 1.50 bits per heavy atom. The number of rotatable bonds is 6. The van der Waals surface area contributed by atoms with E-state index in [-0.39, 0.29) is 35.8 Å². The van der Waals surface area contributed by atoms with E-state index in [1.807, 2.05) is 0 Å². The SMILES string of the molecule is CCOc1c(F)cc([C@H](N)CCCO)cc1Cl.Cl. The minimum absolute atomic E-state index is 0. The Balaban J connectivity index is 0.00000289. The molecule has 0 spiro atoms. The maximum atomic E-state index is 13.7. The summed E-state index contributed by atoms with van der Waals surface area (Å²) < 4.78 is 18.8. The van der Waals surface area contributed by atoms with Gasteiger partial charge in [0.15, 0.2) is 11.6 Å². The first kappa shape index (κ1) is 17.4. The van der Waals surface area contributed by atoms with Gasteiger partial charge in [-0.15, -0.1) is 12.4 Å². The number of aliphatic hydroxyl groups excluding tert-OH is 1. The van der Waals surface area contributed by atoms with Crippen LogP contribution in [0.5, 0.6) is 5.75 Å². The van der Waals surface area contributed by atoms with E-state index < -0.39 is 5.82 Å². The van der Waals surface area contributed by atoms with Crippen LogP contribution in [0, 0.1) is 5.82 Å². The second-order valence-electron chi connectivity index (χ2n) is 3.72. The lowest BCUT2D eigenvalue weighted by Crippen LogP contribution is -2.11. The van der Waals surface area contributed by atoms with Gasteiger partial charge in [-0.3, -0.25) is 0 Å². The first-order valence-electron chi connectivity index (χ1n) is 5.58. The third-order valence-electron chi connectivity index (χ3n) is 2.41. The number of benzene rings is 1. The molecule has 0 fully saturated rings. The van der Waals surface area contributed by atoms with Gasteiger partial charge < -0.3 is 15.6 Å². The van der Waals surface area contributed by atoms with E-state index in [1.54, 1.807) is 13.0 Å². The van der Waals surface area contributed by atoms with Crippen LogP contribution in [0.1, 0.15) is 31.4 Å². The Morgan fingerprint density at radius 3 is 2.67 bits per heavy atom. The number of hydrogen-bond donors (Lipinski definition) is 2. The van der Waals surface area contributed by atoms with Crippen molar-refractivity contribution in [3.8, 4) is 5.75 Å². The lowest BCUT2D eigenvalue weighted by Gasteiger charge is -2.14. The average molecular weight is 298 g/mol. The van der Waals surface area contributed by atoms with Gasteiger partial charge in [-0.2, -0.15) is 0 Å². The molecule has 0 saturated carbocycles. The van der Waals surface area contributed by atoms with Gasteiger partial charge in [0, 0.05) is 12.6 Å². The highest BCUT2D eigenvalue weighted by Crippen LogP contribution is 2.31. The van der Waals surface area contributed by atoms with Crippen molar-refractivity contribution in [1.82, 2.24) is 0 Å². The van der Waals surface area contributed by atoms with Crippen LogP contribution >= 0.6 is 24.0 Å². The van der Waals surface area contributed by atoms with Crippen LogP contribution in [0.4, 0.5) is 4.39 Å². The normalized spacial score (nSPS) is 11.8. The summed E-state index contributed by atoms with van der Waals surface area (Å²) in [5.41, 5.74) is 6.48. The molecule has 0 amide bonds. The predicted octanol–water partition coefficient (Wildman–Crippen LogP) is 3.07. The molecule has 0 aromatic heterocycles. The van der Waals surface area contributed by atoms with Gasteiger partial charge in [0.2, 0.25) is 0 Å². The van der Waals surface area contributed by atoms with E-state index in [1.165, 1.54) is 6.07 Å². The monoisotopic (exact) mass is 297 g/mol. The zero-order chi connectivity index (χ0) is 12.8. The second-order valence-corrected chi connectivity index (χ2v) is 4.13. The molecule has 18 heavy (non-hydrogen) atoms. The van der Waals surface area contributed by atoms with Gasteiger partial charge >= 0.3 is 0 Å². The number of nitrogens with two attached hydrogens (primary N) is 1. The van der Waals surface area contributed by atoms with Crippen LogP contribution in [-0.2, 0) is 0 Å². The molecule has 0 aliphatic carbocycles. The first-order chi connectivity index (χ1) is 8.10. The van der Waals surface area contributed by atoms with Crippen LogP contribution in [0.15, 0.2) is 12.1 Å². The topological polar surface area (TPSA) is 55.5 Å². The van der Waals surface area contributed by atoms with E-state index in [4.69, 9.17) is 27.2 Å². The lowest BCUT2D eigenvalue weighted by molar-refractivity contribution is 0.279. The smallest absolute Gasteiger partial charge is 0.173 e. The predicted molar refractivity (Wildman–Crippen MR) is 73.1 cm³/mol. The maximum absolute atomic E-state index is 13.7.